The van der Waals surface area contributed by atoms with Crippen molar-refractivity contribution in [1.29, 1.82) is 0 Å². The van der Waals surface area contributed by atoms with Gasteiger partial charge in [-0.3, -0.25) is 0 Å². The van der Waals surface area contributed by atoms with E-state index in [1.165, 1.54) is 144 Å². The molecule has 52 heavy (non-hydrogen) atoms. The van der Waals surface area contributed by atoms with Crippen LogP contribution in [-0.4, -0.2) is 13.4 Å². The van der Waals surface area contributed by atoms with E-state index in [0.29, 0.717) is 0 Å². The van der Waals surface area contributed by atoms with Gasteiger partial charge in [0.15, 0.2) is 0 Å². The lowest BCUT2D eigenvalue weighted by Gasteiger charge is -2.23. The number of rotatable bonds is 1. The van der Waals surface area contributed by atoms with Crippen molar-refractivity contribution in [3.63, 3.8) is 0 Å². The van der Waals surface area contributed by atoms with Crippen LogP contribution in [0.4, 0.5) is 0 Å². The fourth-order valence-corrected chi connectivity index (χ4v) is 9.82. The molecular weight excluding hydrogens is 631 g/mol. The van der Waals surface area contributed by atoms with Crippen LogP contribution < -0.4 is 0 Å². The van der Waals surface area contributed by atoms with E-state index in [0.717, 1.165) is 0 Å². The van der Waals surface area contributed by atoms with Crippen LogP contribution in [0.3, 0.4) is 0 Å². The number of fused-ring (bicyclic) bond motifs is 10. The van der Waals surface area contributed by atoms with Gasteiger partial charge in [-0.15, -0.1) is 0 Å². The van der Waals surface area contributed by atoms with Crippen LogP contribution in [0.5, 0.6) is 0 Å². The van der Waals surface area contributed by atoms with Crippen molar-refractivity contribution in [1.82, 2.24) is 13.4 Å². The molecule has 0 aliphatic heterocycles. The molecule has 0 radical (unpaired) electrons. The number of hydrogen-bond donors (Lipinski definition) is 0. The van der Waals surface area contributed by atoms with E-state index in [1.54, 1.807) is 0 Å². The Hall–Kier alpha value is -5.28. The topological polar surface area (TPSA) is 13.8 Å². The lowest BCUT2D eigenvalue weighted by atomic mass is 9.92. The highest BCUT2D eigenvalue weighted by Crippen LogP contribution is 2.46. The van der Waals surface area contributed by atoms with Crippen molar-refractivity contribution in [2.75, 3.05) is 0 Å². The van der Waals surface area contributed by atoms with Gasteiger partial charge in [-0.1, -0.05) is 36.4 Å². The Morgan fingerprint density at radius 1 is 0.288 bits per heavy atom. The Bertz CT molecular complexity index is 2930. The second-order valence-electron chi connectivity index (χ2n) is 15.8. The Kier molecular flexibility index (Phi) is 6.82. The molecule has 0 unspecified atom stereocenters. The summed E-state index contributed by atoms with van der Waals surface area (Å²) in [4.78, 5) is 0. The van der Waals surface area contributed by atoms with E-state index < -0.39 is 0 Å². The molecule has 9 aromatic rings. The minimum atomic E-state index is 1.19. The minimum Gasteiger partial charge on any atom is -0.306 e. The van der Waals surface area contributed by atoms with Gasteiger partial charge in [-0.25, -0.2) is 0 Å². The maximum absolute atomic E-state index is 2.65. The highest BCUT2D eigenvalue weighted by molar-refractivity contribution is 6.26. The Balaban J connectivity index is 1.82. The summed E-state index contributed by atoms with van der Waals surface area (Å²) < 4.78 is 7.89. The highest BCUT2D eigenvalue weighted by Gasteiger charge is 2.26. The van der Waals surface area contributed by atoms with Crippen LogP contribution >= 0.6 is 0 Å². The van der Waals surface area contributed by atoms with Gasteiger partial charge in [0.2, 0.25) is 0 Å². The summed E-state index contributed by atoms with van der Waals surface area (Å²) in [5.74, 6) is 0. The molecule has 0 bridgehead atoms. The Morgan fingerprint density at radius 2 is 0.596 bits per heavy atom. The van der Waals surface area contributed by atoms with E-state index in [4.69, 9.17) is 0 Å². The summed E-state index contributed by atoms with van der Waals surface area (Å²) in [7, 11) is 0. The van der Waals surface area contributed by atoms with Gasteiger partial charge in [0, 0.05) is 21.5 Å². The standard InChI is InChI=1S/C49H49N3/c1-24-27(4)33(10)45(34(11)28(24)5)50-39-18-14-16-20-41(39)51-46-35(12)29(6)25(2)31(8)43(46)37-22-23-38-44-32(9)26(3)30(7)36(13)47(44)52(49(38)48(37)51)42-21-17-15-19-40(42)50/h14-23H,1-13H3. The molecule has 0 fully saturated rings. The van der Waals surface area contributed by atoms with Gasteiger partial charge in [0.05, 0.1) is 49.8 Å². The smallest absolute Gasteiger partial charge is 0.0789 e. The molecule has 260 valence electrons. The second-order valence-corrected chi connectivity index (χ2v) is 15.8. The van der Waals surface area contributed by atoms with Gasteiger partial charge in [-0.2, -0.15) is 0 Å². The van der Waals surface area contributed by atoms with E-state index >= 15 is 0 Å². The number of aromatic nitrogens is 3. The Morgan fingerprint density at radius 3 is 0.981 bits per heavy atom. The lowest BCUT2D eigenvalue weighted by molar-refractivity contribution is 1.06. The lowest BCUT2D eigenvalue weighted by Crippen LogP contribution is -2.08. The van der Waals surface area contributed by atoms with Gasteiger partial charge < -0.3 is 13.4 Å². The van der Waals surface area contributed by atoms with Crippen LogP contribution in [0.2, 0.25) is 0 Å². The van der Waals surface area contributed by atoms with Gasteiger partial charge in [-0.05, 0) is 187 Å². The van der Waals surface area contributed by atoms with Crippen molar-refractivity contribution in [3.8, 4) is 5.69 Å². The number of benzene rings is 6. The molecule has 3 nitrogen and oxygen atoms in total. The quantitative estimate of drug-likeness (QED) is 0.164. The van der Waals surface area contributed by atoms with Crippen molar-refractivity contribution >= 4 is 65.7 Å². The molecule has 0 atom stereocenters. The SMILES string of the molecule is Cc1c(C)c(C)c(-n2c3ccccc3n3c4c(C)c(C)c(C)c(C)c4c4ccc5c6c(C)c(C)c(C)c(C)c6n(c6ccccc62)c5c43)c(C)c1C. The predicted molar refractivity (Wildman–Crippen MR) is 226 cm³/mol. The molecule has 6 aromatic carbocycles. The molecule has 0 spiro atoms. The molecule has 0 aliphatic carbocycles. The Labute approximate surface area is 306 Å². The first-order valence-corrected chi connectivity index (χ1v) is 18.8. The van der Waals surface area contributed by atoms with Crippen LogP contribution in [0.15, 0.2) is 60.7 Å². The molecule has 3 heteroatoms. The first-order valence-electron chi connectivity index (χ1n) is 18.8. The van der Waals surface area contributed by atoms with Gasteiger partial charge >= 0.3 is 0 Å². The third kappa shape index (κ3) is 3.81. The molecule has 3 heterocycles. The zero-order chi connectivity index (χ0) is 36.8. The van der Waals surface area contributed by atoms with Crippen LogP contribution in [-0.2, 0) is 0 Å². The van der Waals surface area contributed by atoms with Crippen molar-refractivity contribution in [3.05, 3.63) is 133 Å². The zero-order valence-electron chi connectivity index (χ0n) is 33.1. The third-order valence-corrected chi connectivity index (χ3v) is 13.8. The maximum atomic E-state index is 2.65. The monoisotopic (exact) mass is 679 g/mol. The van der Waals surface area contributed by atoms with Crippen molar-refractivity contribution in [2.45, 2.75) is 90.0 Å². The second kappa shape index (κ2) is 10.9. The highest BCUT2D eigenvalue weighted by atomic mass is 15.0. The zero-order valence-corrected chi connectivity index (χ0v) is 33.1. The fraction of sp³-hybridized carbons (Fsp3) is 0.265. The number of nitrogens with zero attached hydrogens (tertiary/aromatic N) is 3. The summed E-state index contributed by atoms with van der Waals surface area (Å²) in [5, 5.41) is 5.35. The average Bonchev–Trinajstić information content (AvgIpc) is 3.69. The number of aryl methyl sites for hydroxylation is 4. The fourth-order valence-electron chi connectivity index (χ4n) is 9.82. The molecule has 0 saturated carbocycles. The summed E-state index contributed by atoms with van der Waals surface area (Å²) in [6.07, 6.45) is 0. The van der Waals surface area contributed by atoms with Gasteiger partial charge in [0.1, 0.15) is 0 Å². The summed E-state index contributed by atoms with van der Waals surface area (Å²) in [6.45, 7) is 30.1. The van der Waals surface area contributed by atoms with Crippen LogP contribution in [0, 0.1) is 90.0 Å². The summed E-state index contributed by atoms with van der Waals surface area (Å²) in [6, 6.07) is 23.1. The summed E-state index contributed by atoms with van der Waals surface area (Å²) >= 11 is 0. The predicted octanol–water partition coefficient (Wildman–Crippen LogP) is 13.3. The van der Waals surface area contributed by atoms with Crippen molar-refractivity contribution < 1.29 is 0 Å². The first-order chi connectivity index (χ1) is 24.8. The third-order valence-electron chi connectivity index (χ3n) is 13.8. The van der Waals surface area contributed by atoms with Gasteiger partial charge in [0.25, 0.3) is 0 Å². The summed E-state index contributed by atoms with van der Waals surface area (Å²) in [5.41, 5.74) is 28.9. The minimum absolute atomic E-state index is 1.19. The molecule has 0 saturated heterocycles. The van der Waals surface area contributed by atoms with E-state index in [9.17, 15) is 0 Å². The maximum Gasteiger partial charge on any atom is 0.0789 e. The van der Waals surface area contributed by atoms with E-state index in [-0.39, 0.29) is 0 Å². The largest absolute Gasteiger partial charge is 0.306 e. The molecule has 9 rings (SSSR count). The molecular formula is C49H49N3. The van der Waals surface area contributed by atoms with Crippen LogP contribution in [0.1, 0.15) is 72.3 Å². The molecule has 3 aromatic heterocycles. The average molecular weight is 680 g/mol. The number of para-hydroxylation sites is 4. The van der Waals surface area contributed by atoms with Crippen molar-refractivity contribution in [2.24, 2.45) is 0 Å². The van der Waals surface area contributed by atoms with E-state index in [2.05, 4.69) is 164 Å². The molecule has 0 N–H and O–H groups in total. The molecule has 0 amide bonds. The normalized spacial score (nSPS) is 12.3. The van der Waals surface area contributed by atoms with Crippen LogP contribution in [0.25, 0.3) is 71.4 Å². The first kappa shape index (κ1) is 32.6. The molecule has 0 aliphatic rings. The number of hydrogen-bond acceptors (Lipinski definition) is 0. The van der Waals surface area contributed by atoms with E-state index in [1.807, 2.05) is 0 Å².